The maximum Gasteiger partial charge on any atom is 0.260 e. The largest absolute Gasteiger partial charge is 0.481 e. The molecule has 2 atom stereocenters. The van der Waals surface area contributed by atoms with Gasteiger partial charge in [0.05, 0.1) is 0 Å². The summed E-state index contributed by atoms with van der Waals surface area (Å²) in [7, 11) is 1.96. The second-order valence-electron chi connectivity index (χ2n) is 5.24. The summed E-state index contributed by atoms with van der Waals surface area (Å²) in [5.74, 6) is 0.622. The minimum Gasteiger partial charge on any atom is -0.481 e. The number of ether oxygens (including phenoxy) is 1. The van der Waals surface area contributed by atoms with E-state index in [1.807, 2.05) is 45.2 Å². The summed E-state index contributed by atoms with van der Waals surface area (Å²) in [6.07, 6.45) is 0.540. The van der Waals surface area contributed by atoms with Gasteiger partial charge in [-0.15, -0.1) is 0 Å². The fraction of sp³-hybridized carbons (Fsp3) is 0.562. The van der Waals surface area contributed by atoms with Crippen molar-refractivity contribution in [2.75, 3.05) is 7.05 Å². The van der Waals surface area contributed by atoms with Crippen molar-refractivity contribution in [1.29, 1.82) is 0 Å². The van der Waals surface area contributed by atoms with Crippen LogP contribution in [-0.2, 0) is 4.79 Å². The molecular formula is C16H26N2O2. The third-order valence-corrected chi connectivity index (χ3v) is 3.15. The molecule has 1 aromatic rings. The zero-order valence-electron chi connectivity index (χ0n) is 13.1. The first-order chi connectivity index (χ1) is 9.47. The predicted molar refractivity (Wildman–Crippen MR) is 81.9 cm³/mol. The van der Waals surface area contributed by atoms with Crippen molar-refractivity contribution in [2.24, 2.45) is 0 Å². The molecule has 4 nitrogen and oxygen atoms in total. The Bertz CT molecular complexity index is 411. The van der Waals surface area contributed by atoms with Gasteiger partial charge in [0.1, 0.15) is 5.75 Å². The van der Waals surface area contributed by atoms with Gasteiger partial charge in [-0.05, 0) is 51.9 Å². The van der Waals surface area contributed by atoms with Gasteiger partial charge in [0, 0.05) is 12.1 Å². The highest BCUT2D eigenvalue weighted by molar-refractivity contribution is 5.80. The van der Waals surface area contributed by atoms with Gasteiger partial charge in [0.2, 0.25) is 0 Å². The van der Waals surface area contributed by atoms with Gasteiger partial charge in [-0.2, -0.15) is 0 Å². The van der Waals surface area contributed by atoms with Crippen molar-refractivity contribution >= 4 is 5.91 Å². The molecule has 1 rings (SSSR count). The summed E-state index contributed by atoms with van der Waals surface area (Å²) in [5, 5.41) is 6.10. The smallest absolute Gasteiger partial charge is 0.260 e. The predicted octanol–water partition coefficient (Wildman–Crippen LogP) is 2.65. The molecule has 0 aromatic heterocycles. The maximum atomic E-state index is 11.8. The Morgan fingerprint density at radius 2 is 1.80 bits per heavy atom. The molecule has 0 radical (unpaired) electrons. The molecule has 0 aliphatic rings. The maximum absolute atomic E-state index is 11.8. The van der Waals surface area contributed by atoms with E-state index in [-0.39, 0.29) is 11.9 Å². The molecule has 1 amide bonds. The lowest BCUT2D eigenvalue weighted by Gasteiger charge is -2.18. The summed E-state index contributed by atoms with van der Waals surface area (Å²) in [5.41, 5.74) is 1.22. The second-order valence-corrected chi connectivity index (χ2v) is 5.24. The normalized spacial score (nSPS) is 13.9. The fourth-order valence-electron chi connectivity index (χ4n) is 2.04. The fourth-order valence-corrected chi connectivity index (χ4v) is 2.04. The second kappa shape index (κ2) is 7.90. The average molecular weight is 278 g/mol. The van der Waals surface area contributed by atoms with Crippen molar-refractivity contribution < 1.29 is 9.53 Å². The van der Waals surface area contributed by atoms with Crippen molar-refractivity contribution in [3.63, 3.8) is 0 Å². The topological polar surface area (TPSA) is 50.4 Å². The van der Waals surface area contributed by atoms with Crippen LogP contribution < -0.4 is 15.4 Å². The summed E-state index contributed by atoms with van der Waals surface area (Å²) in [6, 6.07) is 8.37. The van der Waals surface area contributed by atoms with Crippen LogP contribution in [-0.4, -0.2) is 25.1 Å². The number of hydrogen-bond acceptors (Lipinski definition) is 3. The van der Waals surface area contributed by atoms with E-state index in [4.69, 9.17) is 4.74 Å². The van der Waals surface area contributed by atoms with E-state index in [2.05, 4.69) is 17.6 Å². The number of carbonyl (C=O) groups excluding carboxylic acids is 1. The molecule has 2 N–H and O–H groups in total. The molecular weight excluding hydrogens is 252 g/mol. The lowest BCUT2D eigenvalue weighted by Crippen LogP contribution is -2.40. The minimum absolute atomic E-state index is 0.0919. The van der Waals surface area contributed by atoms with Crippen LogP contribution in [0.2, 0.25) is 0 Å². The molecule has 0 saturated heterocycles. The number of nitrogens with one attached hydrogen (secondary N) is 2. The molecule has 1 aromatic carbocycles. The molecule has 0 aliphatic heterocycles. The third-order valence-electron chi connectivity index (χ3n) is 3.15. The van der Waals surface area contributed by atoms with Gasteiger partial charge in [0.25, 0.3) is 5.91 Å². The standard InChI is InChI=1S/C16H26N2O2/c1-6-15(17-5)13-7-9-14(10-8-13)20-12(4)16(19)18-11(2)3/h7-12,15,17H,6H2,1-5H3,(H,18,19). The number of carbonyl (C=O) groups is 1. The van der Waals surface area contributed by atoms with Crippen LogP contribution in [0, 0.1) is 0 Å². The highest BCUT2D eigenvalue weighted by atomic mass is 16.5. The number of hydrogen-bond donors (Lipinski definition) is 2. The molecule has 2 unspecified atom stereocenters. The Hall–Kier alpha value is -1.55. The van der Waals surface area contributed by atoms with Crippen molar-refractivity contribution in [2.45, 2.75) is 52.3 Å². The van der Waals surface area contributed by atoms with Crippen LogP contribution in [0.1, 0.15) is 45.7 Å². The summed E-state index contributed by atoms with van der Waals surface area (Å²) in [4.78, 5) is 11.8. The summed E-state index contributed by atoms with van der Waals surface area (Å²) < 4.78 is 5.65. The highest BCUT2D eigenvalue weighted by Crippen LogP contribution is 2.20. The van der Waals surface area contributed by atoms with Gasteiger partial charge in [-0.1, -0.05) is 19.1 Å². The van der Waals surface area contributed by atoms with Gasteiger partial charge < -0.3 is 15.4 Å². The van der Waals surface area contributed by atoms with Crippen molar-refractivity contribution in [3.8, 4) is 5.75 Å². The number of rotatable bonds is 7. The first-order valence-electron chi connectivity index (χ1n) is 7.22. The van der Waals surface area contributed by atoms with Gasteiger partial charge in [-0.3, -0.25) is 4.79 Å². The van der Waals surface area contributed by atoms with Crippen LogP contribution in [0.3, 0.4) is 0 Å². The molecule has 0 spiro atoms. The molecule has 4 heteroatoms. The number of amides is 1. The highest BCUT2D eigenvalue weighted by Gasteiger charge is 2.15. The Labute approximate surface area is 121 Å². The van der Waals surface area contributed by atoms with Crippen LogP contribution in [0.4, 0.5) is 0 Å². The zero-order chi connectivity index (χ0) is 15.1. The Balaban J connectivity index is 2.63. The lowest BCUT2D eigenvalue weighted by molar-refractivity contribution is -0.127. The molecule has 0 saturated carbocycles. The van der Waals surface area contributed by atoms with Crippen molar-refractivity contribution in [1.82, 2.24) is 10.6 Å². The van der Waals surface area contributed by atoms with Crippen LogP contribution in [0.15, 0.2) is 24.3 Å². The average Bonchev–Trinajstić information content (AvgIpc) is 2.41. The quantitative estimate of drug-likeness (QED) is 0.806. The van der Waals surface area contributed by atoms with Crippen molar-refractivity contribution in [3.05, 3.63) is 29.8 Å². The lowest BCUT2D eigenvalue weighted by atomic mass is 10.0. The Morgan fingerprint density at radius 3 is 2.25 bits per heavy atom. The Kier molecular flexibility index (Phi) is 6.52. The molecule has 0 fully saturated rings. The van der Waals surface area contributed by atoms with E-state index < -0.39 is 6.10 Å². The molecule has 0 aliphatic carbocycles. The van der Waals surface area contributed by atoms with Gasteiger partial charge in [0.15, 0.2) is 6.10 Å². The summed E-state index contributed by atoms with van der Waals surface area (Å²) >= 11 is 0. The van der Waals surface area contributed by atoms with E-state index in [0.29, 0.717) is 11.8 Å². The Morgan fingerprint density at radius 1 is 1.20 bits per heavy atom. The van der Waals surface area contributed by atoms with Crippen LogP contribution in [0.25, 0.3) is 0 Å². The van der Waals surface area contributed by atoms with E-state index >= 15 is 0 Å². The SMILES string of the molecule is CCC(NC)c1ccc(OC(C)C(=O)NC(C)C)cc1. The first-order valence-corrected chi connectivity index (χ1v) is 7.22. The minimum atomic E-state index is -0.491. The molecule has 0 bridgehead atoms. The third kappa shape index (κ3) is 4.85. The van der Waals surface area contributed by atoms with E-state index in [9.17, 15) is 4.79 Å². The van der Waals surface area contributed by atoms with Gasteiger partial charge in [-0.25, -0.2) is 0 Å². The van der Waals surface area contributed by atoms with Crippen LogP contribution >= 0.6 is 0 Å². The molecule has 20 heavy (non-hydrogen) atoms. The summed E-state index contributed by atoms with van der Waals surface area (Å²) in [6.45, 7) is 7.77. The molecule has 112 valence electrons. The van der Waals surface area contributed by atoms with E-state index in [1.54, 1.807) is 6.92 Å². The first kappa shape index (κ1) is 16.5. The number of benzene rings is 1. The van der Waals surface area contributed by atoms with E-state index in [0.717, 1.165) is 6.42 Å². The molecule has 0 heterocycles. The van der Waals surface area contributed by atoms with Gasteiger partial charge >= 0.3 is 0 Å². The zero-order valence-corrected chi connectivity index (χ0v) is 13.1. The monoisotopic (exact) mass is 278 g/mol. The van der Waals surface area contributed by atoms with E-state index in [1.165, 1.54) is 5.56 Å². The van der Waals surface area contributed by atoms with Crippen LogP contribution in [0.5, 0.6) is 5.75 Å².